The van der Waals surface area contributed by atoms with Gasteiger partial charge >= 0.3 is 0 Å². The van der Waals surface area contributed by atoms with Crippen LogP contribution in [0.15, 0.2) is 0 Å². The first-order chi connectivity index (χ1) is 26.0. The molecule has 0 spiro atoms. The summed E-state index contributed by atoms with van der Waals surface area (Å²) in [6.07, 6.45) is -42.1. The zero-order valence-electron chi connectivity index (χ0n) is 29.2. The molecule has 0 aromatic carbocycles. The van der Waals surface area contributed by atoms with Gasteiger partial charge in [-0.05, 0) is 6.92 Å². The molecule has 0 amide bonds. The molecule has 322 valence electrons. The molecule has 0 saturated carbocycles. The molecule has 25 atom stereocenters. The Morgan fingerprint density at radius 1 is 0.382 bits per heavy atom. The van der Waals surface area contributed by atoms with Gasteiger partial charge in [0.05, 0.1) is 38.6 Å². The molecule has 5 rings (SSSR count). The zero-order chi connectivity index (χ0) is 40.6. The van der Waals surface area contributed by atoms with Crippen LogP contribution in [0, 0.1) is 0 Å². The van der Waals surface area contributed by atoms with Gasteiger partial charge in [0.1, 0.15) is 110 Å². The Morgan fingerprint density at radius 3 is 1.44 bits per heavy atom. The molecule has 5 saturated heterocycles. The number of ether oxygens (including phenoxy) is 9. The molecule has 55 heavy (non-hydrogen) atoms. The van der Waals surface area contributed by atoms with Crippen molar-refractivity contribution in [2.24, 2.45) is 5.73 Å². The highest BCUT2D eigenvalue weighted by atomic mass is 16.8. The Labute approximate surface area is 312 Å². The molecular formula is C30H53NO24. The van der Waals surface area contributed by atoms with E-state index in [1.165, 1.54) is 6.92 Å². The summed E-state index contributed by atoms with van der Waals surface area (Å²) in [7, 11) is 0. The fraction of sp³-hybridized carbons (Fsp3) is 1.00. The van der Waals surface area contributed by atoms with Crippen LogP contribution < -0.4 is 5.73 Å². The van der Waals surface area contributed by atoms with Crippen molar-refractivity contribution in [3.63, 3.8) is 0 Å². The average Bonchev–Trinajstić information content (AvgIpc) is 3.17. The Morgan fingerprint density at radius 2 is 0.836 bits per heavy atom. The van der Waals surface area contributed by atoms with E-state index >= 15 is 0 Å². The fourth-order valence-corrected chi connectivity index (χ4v) is 7.00. The van der Waals surface area contributed by atoms with Gasteiger partial charge in [0, 0.05) is 0 Å². The van der Waals surface area contributed by atoms with Crippen LogP contribution in [0.5, 0.6) is 0 Å². The molecule has 0 radical (unpaired) electrons. The zero-order valence-corrected chi connectivity index (χ0v) is 29.2. The lowest BCUT2D eigenvalue weighted by molar-refractivity contribution is -0.389. The van der Waals surface area contributed by atoms with E-state index in [2.05, 4.69) is 0 Å². The largest absolute Gasteiger partial charge is 0.394 e. The highest BCUT2D eigenvalue weighted by Gasteiger charge is 2.56. The van der Waals surface area contributed by atoms with Gasteiger partial charge in [-0.2, -0.15) is 0 Å². The summed E-state index contributed by atoms with van der Waals surface area (Å²) in [5.41, 5.74) is 6.42. The SMILES string of the molecule is CC1O[C@@H](OC2C(O)[C@@H](O)C(CO)O[C@H]2OC2C(N)C(O[C@H]3C(O)C(CO)O[C@@H](O[C@H]4C(CO)O[C@@H](O)C(O)C4O)C3O)OC(CO)[C@@H]2O)C(O)C(O)[C@H]1O. The fourth-order valence-electron chi connectivity index (χ4n) is 7.00. The third kappa shape index (κ3) is 9.11. The molecule has 16 unspecified atom stereocenters. The van der Waals surface area contributed by atoms with Gasteiger partial charge in [0.25, 0.3) is 0 Å². The minimum atomic E-state index is -2.04. The smallest absolute Gasteiger partial charge is 0.187 e. The molecule has 25 heteroatoms. The van der Waals surface area contributed by atoms with Crippen LogP contribution in [0.3, 0.4) is 0 Å². The van der Waals surface area contributed by atoms with Crippen LogP contribution in [0.25, 0.3) is 0 Å². The maximum absolute atomic E-state index is 11.3. The van der Waals surface area contributed by atoms with Gasteiger partial charge in [-0.15, -0.1) is 0 Å². The van der Waals surface area contributed by atoms with Crippen molar-refractivity contribution < 1.29 is 119 Å². The summed E-state index contributed by atoms with van der Waals surface area (Å²) in [6, 6.07) is -1.66. The van der Waals surface area contributed by atoms with E-state index < -0.39 is 180 Å². The second kappa shape index (κ2) is 18.9. The summed E-state index contributed by atoms with van der Waals surface area (Å²) in [5.74, 6) is 0. The van der Waals surface area contributed by atoms with E-state index in [0.717, 1.165) is 0 Å². The number of rotatable bonds is 12. The van der Waals surface area contributed by atoms with E-state index in [-0.39, 0.29) is 0 Å². The van der Waals surface area contributed by atoms with Crippen LogP contribution in [-0.4, -0.2) is 256 Å². The molecule has 0 aromatic heterocycles. The molecule has 0 aliphatic carbocycles. The molecule has 5 heterocycles. The van der Waals surface area contributed by atoms with Crippen LogP contribution in [0.1, 0.15) is 6.92 Å². The number of nitrogens with two attached hydrogens (primary N) is 1. The number of aliphatic hydroxyl groups is 15. The maximum atomic E-state index is 11.3. The van der Waals surface area contributed by atoms with Crippen LogP contribution >= 0.6 is 0 Å². The summed E-state index contributed by atoms with van der Waals surface area (Å²) in [6.45, 7) is -2.19. The third-order valence-electron chi connectivity index (χ3n) is 10.4. The second-order valence-electron chi connectivity index (χ2n) is 14.0. The van der Waals surface area contributed by atoms with E-state index in [0.29, 0.717) is 0 Å². The first kappa shape index (κ1) is 45.1. The summed E-state index contributed by atoms with van der Waals surface area (Å²) in [4.78, 5) is 0. The van der Waals surface area contributed by atoms with Gasteiger partial charge in [-0.3, -0.25) is 0 Å². The topological polar surface area (TPSA) is 413 Å². The van der Waals surface area contributed by atoms with Gasteiger partial charge in [0.2, 0.25) is 0 Å². The second-order valence-corrected chi connectivity index (χ2v) is 14.0. The molecule has 5 aliphatic rings. The predicted molar refractivity (Wildman–Crippen MR) is 167 cm³/mol. The van der Waals surface area contributed by atoms with E-state index in [4.69, 9.17) is 48.4 Å². The first-order valence-electron chi connectivity index (χ1n) is 17.6. The number of hydrogen-bond donors (Lipinski definition) is 16. The predicted octanol–water partition coefficient (Wildman–Crippen LogP) is -10.9. The average molecular weight is 812 g/mol. The Kier molecular flexibility index (Phi) is 15.5. The van der Waals surface area contributed by atoms with Crippen molar-refractivity contribution in [1.82, 2.24) is 0 Å². The van der Waals surface area contributed by atoms with Gasteiger partial charge in [-0.1, -0.05) is 0 Å². The minimum Gasteiger partial charge on any atom is -0.394 e. The van der Waals surface area contributed by atoms with Crippen LogP contribution in [0.4, 0.5) is 0 Å². The molecule has 25 nitrogen and oxygen atoms in total. The summed E-state index contributed by atoms with van der Waals surface area (Å²) < 4.78 is 50.3. The number of aliphatic hydroxyl groups excluding tert-OH is 15. The Balaban J connectivity index is 1.37. The van der Waals surface area contributed by atoms with E-state index in [1.54, 1.807) is 0 Å². The monoisotopic (exact) mass is 811 g/mol. The first-order valence-corrected chi connectivity index (χ1v) is 17.6. The highest BCUT2D eigenvalue weighted by molar-refractivity contribution is 4.99. The van der Waals surface area contributed by atoms with Crippen molar-refractivity contribution >= 4 is 0 Å². The molecule has 5 aliphatic heterocycles. The Hall–Kier alpha value is -1.00. The van der Waals surface area contributed by atoms with Gasteiger partial charge in [-0.25, -0.2) is 0 Å². The van der Waals surface area contributed by atoms with Gasteiger partial charge in [0.15, 0.2) is 31.5 Å². The quantitative estimate of drug-likeness (QED) is 0.0870. The maximum Gasteiger partial charge on any atom is 0.187 e. The van der Waals surface area contributed by atoms with Crippen molar-refractivity contribution in [2.45, 2.75) is 160 Å². The molecular weight excluding hydrogens is 758 g/mol. The number of hydrogen-bond acceptors (Lipinski definition) is 25. The van der Waals surface area contributed by atoms with Crippen molar-refractivity contribution in [3.8, 4) is 0 Å². The van der Waals surface area contributed by atoms with E-state index in [1.807, 2.05) is 0 Å². The normalized spacial score (nSPS) is 53.9. The molecule has 5 fully saturated rings. The molecule has 17 N–H and O–H groups in total. The summed E-state index contributed by atoms with van der Waals surface area (Å²) in [5, 5.41) is 156. The lowest BCUT2D eigenvalue weighted by Gasteiger charge is -2.50. The minimum absolute atomic E-state index is 0.846. The van der Waals surface area contributed by atoms with E-state index in [9.17, 15) is 76.6 Å². The molecule has 0 bridgehead atoms. The van der Waals surface area contributed by atoms with Crippen molar-refractivity contribution in [2.75, 3.05) is 26.4 Å². The third-order valence-corrected chi connectivity index (χ3v) is 10.4. The van der Waals surface area contributed by atoms with Crippen molar-refractivity contribution in [1.29, 1.82) is 0 Å². The highest BCUT2D eigenvalue weighted by Crippen LogP contribution is 2.35. The summed E-state index contributed by atoms with van der Waals surface area (Å²) >= 11 is 0. The lowest BCUT2D eigenvalue weighted by atomic mass is 9.94. The molecule has 0 aromatic rings. The standard InChI is InChI=1S/C30H53NO24/c1-6-12(36)16(40)20(44)28(47-6)55-25-17(41)13(37)7(2-32)51-30(25)53-23-11(31)27(49-8(3-33)14(23)38)54-24-15(39)9(4-34)50-29(21(24)45)52-22-10(5-35)48-26(46)19(43)18(22)42/h6-30,32-46H,2-5,31H2,1H3/t6?,7?,8?,9?,10?,11?,12-,13-,14-,15?,16?,17?,18?,19?,20?,21?,22-,23?,24-,25?,26+,27?,28-,29-,30-/m0/s1. The van der Waals surface area contributed by atoms with Crippen LogP contribution in [0.2, 0.25) is 0 Å². The van der Waals surface area contributed by atoms with Crippen molar-refractivity contribution in [3.05, 3.63) is 0 Å². The lowest BCUT2D eigenvalue weighted by Crippen LogP contribution is -2.69. The van der Waals surface area contributed by atoms with Crippen LogP contribution in [-0.2, 0) is 42.6 Å². The Bertz CT molecular complexity index is 1200. The van der Waals surface area contributed by atoms with Gasteiger partial charge < -0.3 is 125 Å².